The first kappa shape index (κ1) is 15.2. The summed E-state index contributed by atoms with van der Waals surface area (Å²) in [6.45, 7) is 2.49. The van der Waals surface area contributed by atoms with E-state index in [1.807, 2.05) is 31.2 Å². The zero-order chi connectivity index (χ0) is 15.2. The second-order valence-electron chi connectivity index (χ2n) is 4.58. The van der Waals surface area contributed by atoms with Crippen LogP contribution in [0.15, 0.2) is 42.5 Å². The summed E-state index contributed by atoms with van der Waals surface area (Å²) in [6.07, 6.45) is 0. The first-order valence-electron chi connectivity index (χ1n) is 6.53. The molecule has 0 radical (unpaired) electrons. The Morgan fingerprint density at radius 3 is 2.67 bits per heavy atom. The molecular formula is C16H17ClN2O2. The highest BCUT2D eigenvalue weighted by Gasteiger charge is 2.06. The van der Waals surface area contributed by atoms with Gasteiger partial charge in [-0.1, -0.05) is 35.9 Å². The molecule has 0 spiro atoms. The van der Waals surface area contributed by atoms with Crippen LogP contribution in [0.3, 0.4) is 0 Å². The maximum atomic E-state index is 11.9. The third-order valence-electron chi connectivity index (χ3n) is 3.11. The van der Waals surface area contributed by atoms with E-state index < -0.39 is 0 Å². The molecule has 0 fully saturated rings. The zero-order valence-corrected chi connectivity index (χ0v) is 12.7. The predicted octanol–water partition coefficient (Wildman–Crippen LogP) is 3.98. The molecule has 2 rings (SSSR count). The number of halogens is 1. The van der Waals surface area contributed by atoms with Crippen molar-refractivity contribution in [1.82, 2.24) is 5.32 Å². The minimum atomic E-state index is -0.278. The number of rotatable bonds is 4. The number of anilines is 1. The SMILES string of the molecule is COc1ccc(NC(=O)NCc2ccccc2C)cc1Cl. The van der Waals surface area contributed by atoms with Crippen molar-refractivity contribution in [3.05, 3.63) is 58.6 Å². The molecule has 2 aromatic rings. The topological polar surface area (TPSA) is 50.4 Å². The van der Waals surface area contributed by atoms with E-state index in [9.17, 15) is 4.79 Å². The second-order valence-corrected chi connectivity index (χ2v) is 4.99. The number of ether oxygens (including phenoxy) is 1. The van der Waals surface area contributed by atoms with E-state index in [4.69, 9.17) is 16.3 Å². The lowest BCUT2D eigenvalue weighted by molar-refractivity contribution is 0.251. The summed E-state index contributed by atoms with van der Waals surface area (Å²) in [4.78, 5) is 11.9. The van der Waals surface area contributed by atoms with Crippen molar-refractivity contribution in [3.63, 3.8) is 0 Å². The number of hydrogen-bond acceptors (Lipinski definition) is 2. The summed E-state index contributed by atoms with van der Waals surface area (Å²) in [6, 6.07) is 12.7. The minimum Gasteiger partial charge on any atom is -0.495 e. The maximum Gasteiger partial charge on any atom is 0.319 e. The van der Waals surface area contributed by atoms with Gasteiger partial charge in [-0.2, -0.15) is 0 Å². The monoisotopic (exact) mass is 304 g/mol. The molecule has 21 heavy (non-hydrogen) atoms. The predicted molar refractivity (Wildman–Crippen MR) is 85.0 cm³/mol. The average Bonchev–Trinajstić information content (AvgIpc) is 2.46. The number of carbonyl (C=O) groups is 1. The van der Waals surface area contributed by atoms with Crippen LogP contribution in [0.5, 0.6) is 5.75 Å². The number of aryl methyl sites for hydroxylation is 1. The van der Waals surface area contributed by atoms with Gasteiger partial charge < -0.3 is 15.4 Å². The first-order valence-corrected chi connectivity index (χ1v) is 6.91. The average molecular weight is 305 g/mol. The molecular weight excluding hydrogens is 288 g/mol. The van der Waals surface area contributed by atoms with Crippen molar-refractivity contribution >= 4 is 23.3 Å². The Labute approximate surface area is 129 Å². The van der Waals surface area contributed by atoms with E-state index in [1.54, 1.807) is 25.3 Å². The Morgan fingerprint density at radius 1 is 1.24 bits per heavy atom. The number of amides is 2. The number of carbonyl (C=O) groups excluding carboxylic acids is 1. The van der Waals surface area contributed by atoms with Crippen LogP contribution in [0.2, 0.25) is 5.02 Å². The van der Waals surface area contributed by atoms with E-state index in [0.29, 0.717) is 23.0 Å². The van der Waals surface area contributed by atoms with Gasteiger partial charge in [0, 0.05) is 12.2 Å². The Hall–Kier alpha value is -2.20. The van der Waals surface area contributed by atoms with Gasteiger partial charge >= 0.3 is 6.03 Å². The van der Waals surface area contributed by atoms with Crippen LogP contribution in [0.1, 0.15) is 11.1 Å². The molecule has 0 saturated carbocycles. The molecule has 0 saturated heterocycles. The van der Waals surface area contributed by atoms with Gasteiger partial charge in [-0.15, -0.1) is 0 Å². The van der Waals surface area contributed by atoms with Gasteiger partial charge in [0.1, 0.15) is 5.75 Å². The van der Waals surface area contributed by atoms with Crippen molar-refractivity contribution in [3.8, 4) is 5.75 Å². The molecule has 0 aliphatic heterocycles. The summed E-state index contributed by atoms with van der Waals surface area (Å²) in [7, 11) is 1.54. The van der Waals surface area contributed by atoms with Crippen LogP contribution in [-0.2, 0) is 6.54 Å². The lowest BCUT2D eigenvalue weighted by atomic mass is 10.1. The van der Waals surface area contributed by atoms with Crippen molar-refractivity contribution < 1.29 is 9.53 Å². The number of nitrogens with one attached hydrogen (secondary N) is 2. The Kier molecular flexibility index (Phi) is 5.06. The van der Waals surface area contributed by atoms with Gasteiger partial charge in [-0.25, -0.2) is 4.79 Å². The van der Waals surface area contributed by atoms with E-state index in [2.05, 4.69) is 10.6 Å². The molecule has 0 aliphatic rings. The molecule has 2 aromatic carbocycles. The standard InChI is InChI=1S/C16H17ClN2O2/c1-11-5-3-4-6-12(11)10-18-16(20)19-13-7-8-15(21-2)14(17)9-13/h3-9H,10H2,1-2H3,(H2,18,19,20). The van der Waals surface area contributed by atoms with Crippen LogP contribution in [0, 0.1) is 6.92 Å². The molecule has 110 valence electrons. The minimum absolute atomic E-state index is 0.278. The van der Waals surface area contributed by atoms with Gasteiger partial charge in [0.15, 0.2) is 0 Å². The van der Waals surface area contributed by atoms with Crippen LogP contribution >= 0.6 is 11.6 Å². The third-order valence-corrected chi connectivity index (χ3v) is 3.41. The fraction of sp³-hybridized carbons (Fsp3) is 0.188. The second kappa shape index (κ2) is 6.99. The molecule has 0 heterocycles. The van der Waals surface area contributed by atoms with Gasteiger partial charge in [0.05, 0.1) is 12.1 Å². The fourth-order valence-corrected chi connectivity index (χ4v) is 2.16. The normalized spacial score (nSPS) is 10.0. The Bertz CT molecular complexity index is 644. The summed E-state index contributed by atoms with van der Waals surface area (Å²) in [5.74, 6) is 0.572. The van der Waals surface area contributed by atoms with Crippen molar-refractivity contribution in [2.45, 2.75) is 13.5 Å². The summed E-state index contributed by atoms with van der Waals surface area (Å²) < 4.78 is 5.06. The van der Waals surface area contributed by atoms with Crippen LogP contribution < -0.4 is 15.4 Å². The van der Waals surface area contributed by atoms with Gasteiger partial charge in [-0.05, 0) is 36.2 Å². The number of benzene rings is 2. The lowest BCUT2D eigenvalue weighted by Gasteiger charge is -2.10. The third kappa shape index (κ3) is 4.13. The van der Waals surface area contributed by atoms with Crippen LogP contribution in [-0.4, -0.2) is 13.1 Å². The van der Waals surface area contributed by atoms with Crippen molar-refractivity contribution in [2.24, 2.45) is 0 Å². The van der Waals surface area contributed by atoms with Gasteiger partial charge in [-0.3, -0.25) is 0 Å². The number of methoxy groups -OCH3 is 1. The Balaban J connectivity index is 1.93. The quantitative estimate of drug-likeness (QED) is 0.897. The van der Waals surface area contributed by atoms with E-state index >= 15 is 0 Å². The highest BCUT2D eigenvalue weighted by Crippen LogP contribution is 2.27. The van der Waals surface area contributed by atoms with E-state index in [0.717, 1.165) is 11.1 Å². The summed E-state index contributed by atoms with van der Waals surface area (Å²) >= 11 is 6.01. The molecule has 2 N–H and O–H groups in total. The molecule has 5 heteroatoms. The molecule has 4 nitrogen and oxygen atoms in total. The largest absolute Gasteiger partial charge is 0.495 e. The Morgan fingerprint density at radius 2 is 2.00 bits per heavy atom. The summed E-state index contributed by atoms with van der Waals surface area (Å²) in [5.41, 5.74) is 2.84. The highest BCUT2D eigenvalue weighted by atomic mass is 35.5. The van der Waals surface area contributed by atoms with Gasteiger partial charge in [0.2, 0.25) is 0 Å². The smallest absolute Gasteiger partial charge is 0.319 e. The highest BCUT2D eigenvalue weighted by molar-refractivity contribution is 6.32. The number of hydrogen-bond donors (Lipinski definition) is 2. The molecule has 0 aromatic heterocycles. The molecule has 0 bridgehead atoms. The zero-order valence-electron chi connectivity index (χ0n) is 11.9. The van der Waals surface area contributed by atoms with Crippen molar-refractivity contribution in [1.29, 1.82) is 0 Å². The molecule has 0 unspecified atom stereocenters. The molecule has 0 atom stereocenters. The van der Waals surface area contributed by atoms with Gasteiger partial charge in [0.25, 0.3) is 0 Å². The van der Waals surface area contributed by atoms with E-state index in [-0.39, 0.29) is 6.03 Å². The van der Waals surface area contributed by atoms with Crippen LogP contribution in [0.25, 0.3) is 0 Å². The lowest BCUT2D eigenvalue weighted by Crippen LogP contribution is -2.28. The van der Waals surface area contributed by atoms with E-state index in [1.165, 1.54) is 0 Å². The van der Waals surface area contributed by atoms with Crippen molar-refractivity contribution in [2.75, 3.05) is 12.4 Å². The maximum absolute atomic E-state index is 11.9. The first-order chi connectivity index (χ1) is 10.1. The summed E-state index contributed by atoms with van der Waals surface area (Å²) in [5, 5.41) is 6.00. The van der Waals surface area contributed by atoms with Crippen LogP contribution in [0.4, 0.5) is 10.5 Å². The molecule has 2 amide bonds. The molecule has 0 aliphatic carbocycles. The fourth-order valence-electron chi connectivity index (χ4n) is 1.90. The number of urea groups is 1.